The Labute approximate surface area is 235 Å². The molecule has 1 N–H and O–H groups in total. The monoisotopic (exact) mass is 543 g/mol. The Hall–Kier alpha value is -4.04. The first-order chi connectivity index (χ1) is 19.0. The highest BCUT2D eigenvalue weighted by Gasteiger charge is 2.22. The largest absolute Gasteiger partial charge is 0.489 e. The number of ketones is 1. The Kier molecular flexibility index (Phi) is 9.00. The predicted octanol–water partition coefficient (Wildman–Crippen LogP) is 6.25. The number of allylic oxidation sites excluding steroid dienone is 1. The molecule has 0 aliphatic carbocycles. The summed E-state index contributed by atoms with van der Waals surface area (Å²) in [6.07, 6.45) is 4.52. The quantitative estimate of drug-likeness (QED) is 0.287. The third-order valence-corrected chi connectivity index (χ3v) is 6.57. The molecule has 0 atom stereocenters. The van der Waals surface area contributed by atoms with Crippen LogP contribution < -0.4 is 14.8 Å². The highest BCUT2D eigenvalue weighted by atomic mass is 16.5. The number of hydrogen-bond acceptors (Lipinski definition) is 7. The summed E-state index contributed by atoms with van der Waals surface area (Å²) >= 11 is 0. The second kappa shape index (κ2) is 12.4. The van der Waals surface area contributed by atoms with E-state index in [1.807, 2.05) is 25.1 Å². The van der Waals surface area contributed by atoms with Crippen LogP contribution in [0.25, 0.3) is 10.9 Å². The number of aliphatic imine (C=N–C) groups is 1. The molecular weight excluding hydrogens is 506 g/mol. The van der Waals surface area contributed by atoms with E-state index in [-0.39, 0.29) is 17.1 Å². The molecule has 0 unspecified atom stereocenters. The van der Waals surface area contributed by atoms with Crippen molar-refractivity contribution in [1.29, 1.82) is 0 Å². The van der Waals surface area contributed by atoms with Crippen LogP contribution in [-0.2, 0) is 20.7 Å². The molecular formula is C32H37N3O5. The maximum Gasteiger partial charge on any atom is 0.221 e. The van der Waals surface area contributed by atoms with Gasteiger partial charge in [-0.15, -0.1) is 0 Å². The standard InChI is InChI=1S/C32H37N3O5/c1-20-13-25(8-7-23(20)16-24(37)14-22-15-31(34-19-22)32(3,4)5)40-29-9-10-33-27-18-30(39-12-11-38-6)28(17-26(27)29)35-21(2)36/h7-10,13,15,17-18H,11-12,14,16,19H2,1-6H3,(H,35,36). The maximum absolute atomic E-state index is 12.8. The van der Waals surface area contributed by atoms with Crippen molar-refractivity contribution >= 4 is 34.0 Å². The molecule has 3 aromatic rings. The van der Waals surface area contributed by atoms with Crippen molar-refractivity contribution in [2.24, 2.45) is 10.4 Å². The van der Waals surface area contributed by atoms with Crippen LogP contribution in [0.2, 0.25) is 0 Å². The minimum Gasteiger partial charge on any atom is -0.489 e. The van der Waals surface area contributed by atoms with Gasteiger partial charge in [0, 0.05) is 55.7 Å². The summed E-state index contributed by atoms with van der Waals surface area (Å²) < 4.78 is 17.1. The van der Waals surface area contributed by atoms with Gasteiger partial charge in [0.1, 0.15) is 29.6 Å². The lowest BCUT2D eigenvalue weighted by Crippen LogP contribution is -2.16. The molecule has 0 bridgehead atoms. The Balaban J connectivity index is 1.49. The molecule has 0 saturated heterocycles. The van der Waals surface area contributed by atoms with E-state index < -0.39 is 0 Å². The van der Waals surface area contributed by atoms with Crippen molar-refractivity contribution in [3.63, 3.8) is 0 Å². The Bertz CT molecular complexity index is 1480. The van der Waals surface area contributed by atoms with Gasteiger partial charge in [-0.25, -0.2) is 0 Å². The zero-order valence-electron chi connectivity index (χ0n) is 24.1. The molecule has 0 fully saturated rings. The van der Waals surface area contributed by atoms with Gasteiger partial charge in [-0.3, -0.25) is 19.6 Å². The topological polar surface area (TPSA) is 99.1 Å². The third-order valence-electron chi connectivity index (χ3n) is 6.57. The van der Waals surface area contributed by atoms with Gasteiger partial charge in [0.2, 0.25) is 5.91 Å². The number of fused-ring (bicyclic) bond motifs is 1. The average Bonchev–Trinajstić information content (AvgIpc) is 3.35. The van der Waals surface area contributed by atoms with Crippen molar-refractivity contribution in [1.82, 2.24) is 4.98 Å². The van der Waals surface area contributed by atoms with Gasteiger partial charge in [0.05, 0.1) is 24.4 Å². The third kappa shape index (κ3) is 7.33. The molecule has 1 aliphatic rings. The number of aryl methyl sites for hydroxylation is 1. The summed E-state index contributed by atoms with van der Waals surface area (Å²) in [5, 5.41) is 3.55. The van der Waals surface area contributed by atoms with E-state index in [1.54, 1.807) is 31.5 Å². The number of anilines is 1. The van der Waals surface area contributed by atoms with Crippen molar-refractivity contribution in [3.8, 4) is 17.2 Å². The highest BCUT2D eigenvalue weighted by Crippen LogP contribution is 2.36. The molecule has 0 radical (unpaired) electrons. The minimum atomic E-state index is -0.213. The van der Waals surface area contributed by atoms with Crippen LogP contribution in [0.15, 0.2) is 59.2 Å². The van der Waals surface area contributed by atoms with Crippen LogP contribution >= 0.6 is 0 Å². The number of pyridine rings is 1. The lowest BCUT2D eigenvalue weighted by Gasteiger charge is -2.16. The SMILES string of the molecule is COCCOc1cc2nccc(Oc3ccc(CC(=O)CC4=CC(C(C)(C)C)=NC4)c(C)c3)c2cc1NC(C)=O. The average molecular weight is 544 g/mol. The van der Waals surface area contributed by atoms with Gasteiger partial charge in [-0.2, -0.15) is 0 Å². The van der Waals surface area contributed by atoms with Crippen molar-refractivity contribution in [2.45, 2.75) is 47.5 Å². The Morgan fingerprint density at radius 1 is 1.02 bits per heavy atom. The van der Waals surface area contributed by atoms with Gasteiger partial charge in [-0.1, -0.05) is 26.8 Å². The van der Waals surface area contributed by atoms with Crippen LogP contribution in [-0.4, -0.2) is 49.3 Å². The molecule has 2 aromatic carbocycles. The first-order valence-electron chi connectivity index (χ1n) is 13.4. The lowest BCUT2D eigenvalue weighted by molar-refractivity contribution is -0.118. The van der Waals surface area contributed by atoms with Crippen molar-refractivity contribution in [2.75, 3.05) is 32.2 Å². The van der Waals surface area contributed by atoms with Crippen LogP contribution in [0.1, 0.15) is 45.2 Å². The number of methoxy groups -OCH3 is 1. The van der Waals surface area contributed by atoms with E-state index in [4.69, 9.17) is 14.2 Å². The van der Waals surface area contributed by atoms with Gasteiger partial charge in [-0.05, 0) is 54.0 Å². The number of carbonyl (C=O) groups excluding carboxylic acids is 2. The maximum atomic E-state index is 12.8. The van der Waals surface area contributed by atoms with Crippen LogP contribution in [0.5, 0.6) is 17.2 Å². The molecule has 8 nitrogen and oxygen atoms in total. The second-order valence-electron chi connectivity index (χ2n) is 11.0. The van der Waals surface area contributed by atoms with Gasteiger partial charge >= 0.3 is 0 Å². The number of nitrogens with zero attached hydrogens (tertiary/aromatic N) is 2. The first kappa shape index (κ1) is 29.0. The lowest BCUT2D eigenvalue weighted by atomic mass is 9.89. The number of benzene rings is 2. The number of hydrogen-bond donors (Lipinski definition) is 1. The summed E-state index contributed by atoms with van der Waals surface area (Å²) in [6.45, 7) is 11.2. The molecule has 0 spiro atoms. The predicted molar refractivity (Wildman–Crippen MR) is 158 cm³/mol. The van der Waals surface area contributed by atoms with E-state index in [0.717, 1.165) is 27.8 Å². The van der Waals surface area contributed by atoms with E-state index >= 15 is 0 Å². The summed E-state index contributed by atoms with van der Waals surface area (Å²) in [6, 6.07) is 11.1. The summed E-state index contributed by atoms with van der Waals surface area (Å²) in [4.78, 5) is 33.7. The molecule has 40 heavy (non-hydrogen) atoms. The molecule has 1 aromatic heterocycles. The van der Waals surface area contributed by atoms with E-state index in [0.29, 0.717) is 61.1 Å². The normalized spacial score (nSPS) is 13.2. The molecule has 1 amide bonds. The fourth-order valence-electron chi connectivity index (χ4n) is 4.50. The second-order valence-corrected chi connectivity index (χ2v) is 11.0. The fraction of sp³-hybridized carbons (Fsp3) is 0.375. The number of rotatable bonds is 11. The Morgan fingerprint density at radius 3 is 2.50 bits per heavy atom. The zero-order chi connectivity index (χ0) is 28.9. The highest BCUT2D eigenvalue weighted by molar-refractivity contribution is 6.02. The van der Waals surface area contributed by atoms with Gasteiger partial charge in [0.15, 0.2) is 0 Å². The fourth-order valence-corrected chi connectivity index (χ4v) is 4.50. The van der Waals surface area contributed by atoms with E-state index in [1.165, 1.54) is 6.92 Å². The molecule has 8 heteroatoms. The van der Waals surface area contributed by atoms with Crippen LogP contribution in [0.3, 0.4) is 0 Å². The van der Waals surface area contributed by atoms with Gasteiger partial charge in [0.25, 0.3) is 0 Å². The number of Topliss-reactive ketones (excluding diaryl/α,β-unsaturated/α-hetero) is 1. The molecule has 4 rings (SSSR count). The number of carbonyl (C=O) groups is 2. The molecule has 1 aliphatic heterocycles. The van der Waals surface area contributed by atoms with E-state index in [2.05, 4.69) is 42.1 Å². The smallest absolute Gasteiger partial charge is 0.221 e. The molecule has 0 saturated carbocycles. The zero-order valence-corrected chi connectivity index (χ0v) is 24.1. The van der Waals surface area contributed by atoms with Gasteiger partial charge < -0.3 is 19.5 Å². The number of ether oxygens (including phenoxy) is 3. The summed E-state index contributed by atoms with van der Waals surface area (Å²) in [7, 11) is 1.60. The number of aromatic nitrogens is 1. The Morgan fingerprint density at radius 2 is 1.82 bits per heavy atom. The number of nitrogens with one attached hydrogen (secondary N) is 1. The van der Waals surface area contributed by atoms with Crippen molar-refractivity contribution in [3.05, 3.63) is 65.4 Å². The summed E-state index contributed by atoms with van der Waals surface area (Å²) in [5.74, 6) is 1.69. The molecule has 2 heterocycles. The van der Waals surface area contributed by atoms with Crippen LogP contribution in [0.4, 0.5) is 5.69 Å². The number of amides is 1. The van der Waals surface area contributed by atoms with E-state index in [9.17, 15) is 9.59 Å². The van der Waals surface area contributed by atoms with Crippen molar-refractivity contribution < 1.29 is 23.8 Å². The molecule has 210 valence electrons. The summed E-state index contributed by atoms with van der Waals surface area (Å²) in [5.41, 5.74) is 5.25. The first-order valence-corrected chi connectivity index (χ1v) is 13.4. The minimum absolute atomic E-state index is 0.0109. The van der Waals surface area contributed by atoms with Crippen LogP contribution in [0, 0.1) is 12.3 Å².